The van der Waals surface area contributed by atoms with Gasteiger partial charge in [0.05, 0.1) is 25.4 Å². The molecule has 0 aliphatic heterocycles. The van der Waals surface area contributed by atoms with Gasteiger partial charge < -0.3 is 30.3 Å². The molecule has 5 N–H and O–H groups in total. The normalized spacial score (nSPS) is 19.5. The fraction of sp³-hybridized carbons (Fsp3) is 0.681. The van der Waals surface area contributed by atoms with E-state index in [0.29, 0.717) is 32.1 Å². The highest BCUT2D eigenvalue weighted by Gasteiger charge is 2.39. The van der Waals surface area contributed by atoms with Crippen molar-refractivity contribution >= 4 is 25.5 Å². The summed E-state index contributed by atoms with van der Waals surface area (Å²) in [6, 6.07) is 0. The fourth-order valence-electron chi connectivity index (χ4n) is 6.61. The first-order valence-electron chi connectivity index (χ1n) is 22.5. The van der Waals surface area contributed by atoms with Crippen LogP contribution in [0.2, 0.25) is 0 Å². The van der Waals surface area contributed by atoms with E-state index in [-0.39, 0.29) is 56.6 Å². The van der Waals surface area contributed by atoms with Crippen molar-refractivity contribution in [2.45, 2.75) is 167 Å². The van der Waals surface area contributed by atoms with Crippen LogP contribution >= 0.6 is 7.82 Å². The molecule has 12 nitrogen and oxygen atoms in total. The Morgan fingerprint density at radius 2 is 1.38 bits per heavy atom. The number of phosphoric acid groups is 1. The largest absolute Gasteiger partial charge is 0.472 e. The number of ether oxygens (including phenoxy) is 2. The van der Waals surface area contributed by atoms with Crippen LogP contribution in [-0.4, -0.2) is 77.5 Å². The lowest BCUT2D eigenvalue weighted by Crippen LogP contribution is -2.29. The van der Waals surface area contributed by atoms with Crippen LogP contribution in [-0.2, 0) is 37.5 Å². The minimum absolute atomic E-state index is 0.00608. The van der Waals surface area contributed by atoms with Crippen molar-refractivity contribution in [2.75, 3.05) is 26.4 Å². The highest BCUT2D eigenvalue weighted by Crippen LogP contribution is 2.43. The predicted octanol–water partition coefficient (Wildman–Crippen LogP) is 9.64. The van der Waals surface area contributed by atoms with Crippen LogP contribution in [0.4, 0.5) is 0 Å². The van der Waals surface area contributed by atoms with E-state index in [9.17, 15) is 34.1 Å². The molecule has 0 aromatic rings. The van der Waals surface area contributed by atoms with E-state index < -0.39 is 44.7 Å². The number of allylic oxidation sites excluding steroid dienone is 10. The van der Waals surface area contributed by atoms with E-state index in [1.807, 2.05) is 0 Å². The number of Topliss-reactive ketones (excluding diaryl/α,β-unsaturated/α-hetero) is 1. The van der Waals surface area contributed by atoms with E-state index in [2.05, 4.69) is 74.6 Å². The molecule has 0 aromatic heterocycles. The number of hydrogen-bond acceptors (Lipinski definition) is 11. The number of rotatable bonds is 37. The molecular formula is C47H78NO11P. The molecule has 0 heterocycles. The Balaban J connectivity index is 2.39. The summed E-state index contributed by atoms with van der Waals surface area (Å²) < 4.78 is 32.8. The Kier molecular flexibility index (Phi) is 33.7. The van der Waals surface area contributed by atoms with Crippen molar-refractivity contribution in [1.82, 2.24) is 0 Å². The summed E-state index contributed by atoms with van der Waals surface area (Å²) in [5.41, 5.74) is 5.34. The van der Waals surface area contributed by atoms with Gasteiger partial charge in [0.1, 0.15) is 12.4 Å². The van der Waals surface area contributed by atoms with E-state index in [1.165, 1.54) is 0 Å². The lowest BCUT2D eigenvalue weighted by atomic mass is 9.88. The third-order valence-corrected chi connectivity index (χ3v) is 11.0. The maximum atomic E-state index is 12.7. The minimum atomic E-state index is -4.46. The van der Waals surface area contributed by atoms with E-state index in [1.54, 1.807) is 12.2 Å². The third kappa shape index (κ3) is 30.1. The zero-order chi connectivity index (χ0) is 44.1. The number of esters is 2. The quantitative estimate of drug-likeness (QED) is 0.0200. The van der Waals surface area contributed by atoms with Crippen molar-refractivity contribution in [2.24, 2.45) is 17.6 Å². The van der Waals surface area contributed by atoms with Gasteiger partial charge in [0.15, 0.2) is 6.10 Å². The second-order valence-electron chi connectivity index (χ2n) is 15.3. The van der Waals surface area contributed by atoms with E-state index >= 15 is 0 Å². The van der Waals surface area contributed by atoms with E-state index in [0.717, 1.165) is 83.5 Å². The predicted molar refractivity (Wildman–Crippen MR) is 239 cm³/mol. The van der Waals surface area contributed by atoms with Crippen LogP contribution in [0.25, 0.3) is 0 Å². The van der Waals surface area contributed by atoms with Gasteiger partial charge in [0.25, 0.3) is 0 Å². The summed E-state index contributed by atoms with van der Waals surface area (Å²) >= 11 is 0. The Labute approximate surface area is 361 Å². The lowest BCUT2D eigenvalue weighted by Gasteiger charge is -2.20. The first-order chi connectivity index (χ1) is 29.0. The average molecular weight is 864 g/mol. The van der Waals surface area contributed by atoms with Crippen LogP contribution in [0.3, 0.4) is 0 Å². The van der Waals surface area contributed by atoms with Crippen molar-refractivity contribution in [1.29, 1.82) is 0 Å². The van der Waals surface area contributed by atoms with Crippen molar-refractivity contribution in [3.8, 4) is 0 Å². The van der Waals surface area contributed by atoms with Crippen molar-refractivity contribution in [3.05, 3.63) is 72.9 Å². The molecule has 1 fully saturated rings. The molecule has 0 radical (unpaired) electrons. The first kappa shape index (κ1) is 55.1. The maximum absolute atomic E-state index is 12.7. The van der Waals surface area contributed by atoms with Crippen LogP contribution < -0.4 is 5.73 Å². The molecule has 1 aliphatic rings. The fourth-order valence-corrected chi connectivity index (χ4v) is 7.38. The number of hydrogen-bond donors (Lipinski definition) is 4. The van der Waals surface area contributed by atoms with Gasteiger partial charge >= 0.3 is 19.8 Å². The van der Waals surface area contributed by atoms with Gasteiger partial charge in [-0.2, -0.15) is 0 Å². The number of ketones is 1. The molecule has 342 valence electrons. The summed E-state index contributed by atoms with van der Waals surface area (Å²) in [6.07, 6.45) is 38.3. The van der Waals surface area contributed by atoms with Crippen LogP contribution in [0.15, 0.2) is 72.9 Å². The number of unbranched alkanes of at least 4 members (excludes halogenated alkanes) is 8. The van der Waals surface area contributed by atoms with Gasteiger partial charge in [0.2, 0.25) is 0 Å². The smallest absolute Gasteiger partial charge is 0.462 e. The first-order valence-corrected chi connectivity index (χ1v) is 24.0. The maximum Gasteiger partial charge on any atom is 0.472 e. The summed E-state index contributed by atoms with van der Waals surface area (Å²) in [5, 5.41) is 20.7. The molecule has 0 aromatic carbocycles. The second kappa shape index (κ2) is 36.7. The molecule has 1 rings (SSSR count). The van der Waals surface area contributed by atoms with Gasteiger partial charge in [0, 0.05) is 37.6 Å². The van der Waals surface area contributed by atoms with Gasteiger partial charge in [-0.05, 0) is 70.6 Å². The molecule has 6 atom stereocenters. The Bertz CT molecular complexity index is 1370. The molecular weight excluding hydrogens is 785 g/mol. The lowest BCUT2D eigenvalue weighted by molar-refractivity contribution is -0.161. The summed E-state index contributed by atoms with van der Waals surface area (Å²) in [6.45, 7) is 3.18. The standard InChI is InChI=1S/C47H78NO11P/c1-3-5-7-8-9-10-11-12-13-14-15-16-17-18-19-20-21-22-27-31-46(52)56-38-41(39-58-60(54,55)57-36-35-48)59-47(53)32-28-24-23-26-30-42-43(45(51)37-44(42)50)34-33-40(49)29-25-6-4-2/h5,7,9-10,12-13,15-16,18-19,33-34,40-43,45,49,51H,3-4,6,8,11,14,17,20-32,35-39,48H2,1-2H3,(H,54,55)/b7-5-,10-9-,13-12-,16-15-,19-18-,34-33+/t40-,41+,42+,43+,45+/m0/s1. The number of aliphatic hydroxyl groups excluding tert-OH is 2. The van der Waals surface area contributed by atoms with Gasteiger partial charge in [-0.25, -0.2) is 4.57 Å². The van der Waals surface area contributed by atoms with Gasteiger partial charge in [-0.3, -0.25) is 23.4 Å². The molecule has 0 spiro atoms. The molecule has 1 aliphatic carbocycles. The molecule has 0 amide bonds. The Morgan fingerprint density at radius 3 is 2.02 bits per heavy atom. The molecule has 13 heteroatoms. The average Bonchev–Trinajstić information content (AvgIpc) is 3.49. The van der Waals surface area contributed by atoms with E-state index in [4.69, 9.17) is 24.3 Å². The molecule has 0 saturated heterocycles. The molecule has 0 bridgehead atoms. The third-order valence-electron chi connectivity index (χ3n) is 9.97. The zero-order valence-corrected chi connectivity index (χ0v) is 37.5. The number of phosphoric ester groups is 1. The number of carbonyl (C=O) groups is 3. The topological polar surface area (TPSA) is 192 Å². The van der Waals surface area contributed by atoms with Crippen molar-refractivity contribution in [3.63, 3.8) is 0 Å². The summed E-state index contributed by atoms with van der Waals surface area (Å²) in [7, 11) is -4.46. The second-order valence-corrected chi connectivity index (χ2v) is 16.8. The highest BCUT2D eigenvalue weighted by molar-refractivity contribution is 7.47. The molecule has 60 heavy (non-hydrogen) atoms. The summed E-state index contributed by atoms with van der Waals surface area (Å²) in [5.74, 6) is -1.60. The number of carbonyl (C=O) groups excluding carboxylic acids is 3. The van der Waals surface area contributed by atoms with Crippen molar-refractivity contribution < 1.29 is 52.6 Å². The van der Waals surface area contributed by atoms with Gasteiger partial charge in [-0.1, -0.05) is 132 Å². The van der Waals surface area contributed by atoms with Gasteiger partial charge in [-0.15, -0.1) is 0 Å². The zero-order valence-electron chi connectivity index (χ0n) is 36.6. The van der Waals surface area contributed by atoms with Crippen LogP contribution in [0, 0.1) is 11.8 Å². The van der Waals surface area contributed by atoms with Crippen LogP contribution in [0.1, 0.15) is 149 Å². The summed E-state index contributed by atoms with van der Waals surface area (Å²) in [4.78, 5) is 47.7. The Morgan fingerprint density at radius 1 is 0.783 bits per heavy atom. The number of aliphatic hydroxyl groups is 2. The van der Waals surface area contributed by atoms with Crippen LogP contribution in [0.5, 0.6) is 0 Å². The Hall–Kier alpha value is -2.96. The molecule has 1 saturated carbocycles. The highest BCUT2D eigenvalue weighted by atomic mass is 31.2. The SMILES string of the molecule is CC/C=C\C/C=C\C/C=C\C/C=C\C/C=C\CCCCCC(=O)OC[C@H](COP(=O)(O)OCCN)OC(=O)CCCCCC[C@H]1C(=O)C[C@@H](O)[C@@H]1/C=C/[C@@H](O)CCCCC. The molecule has 1 unspecified atom stereocenters. The number of nitrogens with two attached hydrogens (primary N) is 1. The monoisotopic (exact) mass is 864 g/mol. The minimum Gasteiger partial charge on any atom is -0.462 e.